The van der Waals surface area contributed by atoms with Gasteiger partial charge in [0.2, 0.25) is 0 Å². The Morgan fingerprint density at radius 1 is 0.850 bits per heavy atom. The predicted octanol–water partition coefficient (Wildman–Crippen LogP) is 4.88. The zero-order valence-electron chi connectivity index (χ0n) is 23.7. The summed E-state index contributed by atoms with van der Waals surface area (Å²) < 4.78 is 10.7. The van der Waals surface area contributed by atoms with E-state index in [0.717, 1.165) is 42.9 Å². The van der Waals surface area contributed by atoms with Gasteiger partial charge in [-0.15, -0.1) is 0 Å². The van der Waals surface area contributed by atoms with E-state index in [1.807, 2.05) is 82.6 Å². The zero-order valence-corrected chi connectivity index (χ0v) is 23.7. The van der Waals surface area contributed by atoms with Crippen LogP contribution in [0.1, 0.15) is 38.8 Å². The third-order valence-corrected chi connectivity index (χ3v) is 7.34. The number of para-hydroxylation sites is 1. The molecule has 0 bridgehead atoms. The fourth-order valence-corrected chi connectivity index (χ4v) is 4.81. The minimum atomic E-state index is -0.0309. The highest BCUT2D eigenvalue weighted by Crippen LogP contribution is 2.19. The third-order valence-electron chi connectivity index (χ3n) is 7.34. The van der Waals surface area contributed by atoms with Crippen LogP contribution in [0, 0.1) is 0 Å². The fourth-order valence-electron chi connectivity index (χ4n) is 4.81. The lowest BCUT2D eigenvalue weighted by atomic mass is 10.1. The fraction of sp³-hybridized carbons (Fsp3) is 0.333. The van der Waals surface area contributed by atoms with Crippen molar-refractivity contribution in [2.45, 2.75) is 13.3 Å². The van der Waals surface area contributed by atoms with E-state index in [2.05, 4.69) is 11.8 Å². The van der Waals surface area contributed by atoms with E-state index >= 15 is 0 Å². The van der Waals surface area contributed by atoms with E-state index in [1.54, 1.807) is 26.4 Å². The topological polar surface area (TPSA) is 62.3 Å². The maximum absolute atomic E-state index is 13.5. The van der Waals surface area contributed by atoms with Crippen molar-refractivity contribution < 1.29 is 19.1 Å². The van der Waals surface area contributed by atoms with Crippen LogP contribution in [0.4, 0.5) is 0 Å². The van der Waals surface area contributed by atoms with Crippen molar-refractivity contribution in [3.8, 4) is 11.5 Å². The largest absolute Gasteiger partial charge is 0.497 e. The van der Waals surface area contributed by atoms with Crippen LogP contribution in [-0.4, -0.2) is 86.5 Å². The molecule has 1 fully saturated rings. The number of ether oxygens (including phenoxy) is 2. The molecule has 0 radical (unpaired) electrons. The molecule has 210 valence electrons. The van der Waals surface area contributed by atoms with E-state index in [0.29, 0.717) is 37.5 Å². The summed E-state index contributed by atoms with van der Waals surface area (Å²) in [5, 5.41) is 0. The standard InChI is InChI=1S/C33H39N3O4/c1-4-26-11-13-28(14-12-26)33(38)36-24-21-34(22-25-36)20-23-35(32(37)29-15-17-30(39-2)18-16-29)19-7-9-27-8-5-6-10-31(27)40-3/h5-18H,4,19-25H2,1-3H3. The quantitative estimate of drug-likeness (QED) is 0.346. The van der Waals surface area contributed by atoms with Crippen LogP contribution < -0.4 is 9.47 Å². The molecule has 0 spiro atoms. The molecule has 1 saturated heterocycles. The molecule has 7 nitrogen and oxygen atoms in total. The molecule has 1 heterocycles. The Kier molecular flexibility index (Phi) is 10.4. The molecular formula is C33H39N3O4. The number of amides is 2. The van der Waals surface area contributed by atoms with Gasteiger partial charge in [0, 0.05) is 62.5 Å². The Morgan fingerprint density at radius 2 is 1.52 bits per heavy atom. The van der Waals surface area contributed by atoms with Crippen molar-refractivity contribution in [2.75, 3.05) is 60.0 Å². The highest BCUT2D eigenvalue weighted by molar-refractivity contribution is 5.95. The van der Waals surface area contributed by atoms with Gasteiger partial charge in [0.1, 0.15) is 11.5 Å². The predicted molar refractivity (Wildman–Crippen MR) is 159 cm³/mol. The van der Waals surface area contributed by atoms with Gasteiger partial charge in [-0.3, -0.25) is 14.5 Å². The molecule has 1 aliphatic heterocycles. The van der Waals surface area contributed by atoms with Crippen molar-refractivity contribution >= 4 is 17.9 Å². The molecule has 0 aliphatic carbocycles. The van der Waals surface area contributed by atoms with E-state index < -0.39 is 0 Å². The summed E-state index contributed by atoms with van der Waals surface area (Å²) in [4.78, 5) is 32.6. The number of piperazine rings is 1. The Hall–Kier alpha value is -4.10. The first-order chi connectivity index (χ1) is 19.5. The summed E-state index contributed by atoms with van der Waals surface area (Å²) in [5.41, 5.74) is 3.56. The number of methoxy groups -OCH3 is 2. The van der Waals surface area contributed by atoms with Gasteiger partial charge >= 0.3 is 0 Å². The molecule has 2 amide bonds. The monoisotopic (exact) mass is 541 g/mol. The van der Waals surface area contributed by atoms with Crippen LogP contribution in [0.5, 0.6) is 11.5 Å². The third kappa shape index (κ3) is 7.51. The van der Waals surface area contributed by atoms with Gasteiger partial charge in [0.25, 0.3) is 11.8 Å². The van der Waals surface area contributed by atoms with Crippen molar-refractivity contribution in [1.82, 2.24) is 14.7 Å². The number of carbonyl (C=O) groups excluding carboxylic acids is 2. The molecular weight excluding hydrogens is 502 g/mol. The van der Waals surface area contributed by atoms with Crippen LogP contribution in [0.15, 0.2) is 78.9 Å². The highest BCUT2D eigenvalue weighted by Gasteiger charge is 2.23. The number of aryl methyl sites for hydroxylation is 1. The van der Waals surface area contributed by atoms with Crippen molar-refractivity contribution in [2.24, 2.45) is 0 Å². The van der Waals surface area contributed by atoms with Gasteiger partial charge < -0.3 is 19.3 Å². The second-order valence-corrected chi connectivity index (χ2v) is 9.81. The summed E-state index contributed by atoms with van der Waals surface area (Å²) in [6.07, 6.45) is 4.95. The lowest BCUT2D eigenvalue weighted by molar-refractivity contribution is 0.0609. The molecule has 0 aromatic heterocycles. The maximum Gasteiger partial charge on any atom is 0.254 e. The first-order valence-corrected chi connectivity index (χ1v) is 13.9. The summed E-state index contributed by atoms with van der Waals surface area (Å²) >= 11 is 0. The lowest BCUT2D eigenvalue weighted by Crippen LogP contribution is -2.50. The van der Waals surface area contributed by atoms with E-state index in [4.69, 9.17) is 9.47 Å². The molecule has 4 rings (SSSR count). The molecule has 0 unspecified atom stereocenters. The highest BCUT2D eigenvalue weighted by atomic mass is 16.5. The second-order valence-electron chi connectivity index (χ2n) is 9.81. The van der Waals surface area contributed by atoms with Gasteiger partial charge in [0.15, 0.2) is 0 Å². The average Bonchev–Trinajstić information content (AvgIpc) is 3.02. The number of hydrogen-bond donors (Lipinski definition) is 0. The number of nitrogens with zero attached hydrogens (tertiary/aromatic N) is 3. The molecule has 0 N–H and O–H groups in total. The molecule has 0 saturated carbocycles. The van der Waals surface area contributed by atoms with Gasteiger partial charge in [-0.1, -0.05) is 49.4 Å². The summed E-state index contributed by atoms with van der Waals surface area (Å²) in [6, 6.07) is 22.9. The van der Waals surface area contributed by atoms with Crippen LogP contribution in [0.25, 0.3) is 6.08 Å². The Bertz CT molecular complexity index is 1280. The Labute approximate surface area is 237 Å². The van der Waals surface area contributed by atoms with Crippen molar-refractivity contribution in [3.63, 3.8) is 0 Å². The molecule has 3 aromatic rings. The Morgan fingerprint density at radius 3 is 2.17 bits per heavy atom. The normalized spacial score (nSPS) is 13.8. The van der Waals surface area contributed by atoms with Gasteiger partial charge in [-0.25, -0.2) is 0 Å². The summed E-state index contributed by atoms with van der Waals surface area (Å²) in [7, 11) is 3.27. The molecule has 3 aromatic carbocycles. The van der Waals surface area contributed by atoms with Gasteiger partial charge in [-0.05, 0) is 54.4 Å². The second kappa shape index (κ2) is 14.3. The number of rotatable bonds is 11. The van der Waals surface area contributed by atoms with Crippen molar-refractivity contribution in [1.29, 1.82) is 0 Å². The van der Waals surface area contributed by atoms with Gasteiger partial charge in [-0.2, -0.15) is 0 Å². The number of hydrogen-bond acceptors (Lipinski definition) is 5. The lowest BCUT2D eigenvalue weighted by Gasteiger charge is -2.36. The van der Waals surface area contributed by atoms with Crippen LogP contribution >= 0.6 is 0 Å². The molecule has 1 aliphatic rings. The summed E-state index contributed by atoms with van der Waals surface area (Å²) in [5.74, 6) is 1.56. The Balaban J connectivity index is 1.37. The maximum atomic E-state index is 13.5. The van der Waals surface area contributed by atoms with E-state index in [-0.39, 0.29) is 11.8 Å². The van der Waals surface area contributed by atoms with E-state index in [9.17, 15) is 9.59 Å². The molecule has 0 atom stereocenters. The van der Waals surface area contributed by atoms with Crippen LogP contribution in [0.3, 0.4) is 0 Å². The minimum absolute atomic E-state index is 0.0309. The van der Waals surface area contributed by atoms with Crippen molar-refractivity contribution in [3.05, 3.63) is 101 Å². The zero-order chi connectivity index (χ0) is 28.3. The minimum Gasteiger partial charge on any atom is -0.497 e. The first kappa shape index (κ1) is 28.9. The van der Waals surface area contributed by atoms with E-state index in [1.165, 1.54) is 5.56 Å². The molecule has 40 heavy (non-hydrogen) atoms. The van der Waals surface area contributed by atoms with Crippen LogP contribution in [-0.2, 0) is 6.42 Å². The number of carbonyl (C=O) groups is 2. The van der Waals surface area contributed by atoms with Crippen LogP contribution in [0.2, 0.25) is 0 Å². The average molecular weight is 542 g/mol. The summed E-state index contributed by atoms with van der Waals surface area (Å²) in [6.45, 7) is 6.79. The molecule has 7 heteroatoms. The SMILES string of the molecule is CCc1ccc(C(=O)N2CCN(CCN(CC=Cc3ccccc3OC)C(=O)c3ccc(OC)cc3)CC2)cc1. The smallest absolute Gasteiger partial charge is 0.254 e. The van der Waals surface area contributed by atoms with Gasteiger partial charge in [0.05, 0.1) is 14.2 Å². The first-order valence-electron chi connectivity index (χ1n) is 13.9. The number of benzene rings is 3.